The van der Waals surface area contributed by atoms with Crippen LogP contribution in [0.5, 0.6) is 0 Å². The van der Waals surface area contributed by atoms with Gasteiger partial charge in [-0.25, -0.2) is 0 Å². The molecule has 0 bridgehead atoms. The summed E-state index contributed by atoms with van der Waals surface area (Å²) in [6.07, 6.45) is 4.89. The fourth-order valence-corrected chi connectivity index (χ4v) is 2.17. The van der Waals surface area contributed by atoms with Crippen molar-refractivity contribution in [2.24, 2.45) is 7.05 Å². The van der Waals surface area contributed by atoms with E-state index in [9.17, 15) is 0 Å². The van der Waals surface area contributed by atoms with Gasteiger partial charge < -0.3 is 9.64 Å². The van der Waals surface area contributed by atoms with Gasteiger partial charge in [-0.2, -0.15) is 5.10 Å². The van der Waals surface area contributed by atoms with Crippen LogP contribution in [-0.4, -0.2) is 41.9 Å². The van der Waals surface area contributed by atoms with Crippen LogP contribution >= 0.6 is 0 Å². The van der Waals surface area contributed by atoms with E-state index in [4.69, 9.17) is 4.74 Å². The third-order valence-electron chi connectivity index (χ3n) is 3.16. The summed E-state index contributed by atoms with van der Waals surface area (Å²) in [5, 5.41) is 4.25. The van der Waals surface area contributed by atoms with E-state index in [1.165, 1.54) is 5.56 Å². The van der Waals surface area contributed by atoms with Gasteiger partial charge in [0.15, 0.2) is 0 Å². The first kappa shape index (κ1) is 14.8. The second-order valence-corrected chi connectivity index (χ2v) is 5.27. The van der Waals surface area contributed by atoms with Gasteiger partial charge in [-0.05, 0) is 32.6 Å². The highest BCUT2D eigenvalue weighted by Gasteiger charge is 2.16. The molecule has 0 aliphatic rings. The minimum Gasteiger partial charge on any atom is -0.369 e. The van der Waals surface area contributed by atoms with E-state index >= 15 is 0 Å². The number of aryl methyl sites for hydroxylation is 1. The Balaban J connectivity index is 2.05. The van der Waals surface area contributed by atoms with E-state index in [0.29, 0.717) is 0 Å². The van der Waals surface area contributed by atoms with Crippen molar-refractivity contribution in [2.75, 3.05) is 27.2 Å². The van der Waals surface area contributed by atoms with Gasteiger partial charge in [-0.15, -0.1) is 0 Å². The van der Waals surface area contributed by atoms with Crippen LogP contribution in [0.1, 0.15) is 23.7 Å². The summed E-state index contributed by atoms with van der Waals surface area (Å²) in [5.41, 5.74) is 2.27. The molecule has 0 aliphatic carbocycles. The van der Waals surface area contributed by atoms with Crippen molar-refractivity contribution in [3.8, 4) is 0 Å². The summed E-state index contributed by atoms with van der Waals surface area (Å²) in [6.45, 7) is 1.78. The highest BCUT2D eigenvalue weighted by Crippen LogP contribution is 2.25. The van der Waals surface area contributed by atoms with Gasteiger partial charge in [0, 0.05) is 25.4 Å². The Kier molecular flexibility index (Phi) is 5.32. The molecule has 1 atom stereocenters. The standard InChI is InChI=1S/C16H23N3O/c1-18(2)10-7-11-20-16(14-8-5-4-6-9-14)15-12-17-19(3)13-15/h4-6,8-9,12-13,16H,7,10-11H2,1-3H3. The van der Waals surface area contributed by atoms with E-state index in [-0.39, 0.29) is 6.10 Å². The second kappa shape index (κ2) is 7.22. The number of benzene rings is 1. The molecule has 4 heteroatoms. The van der Waals surface area contributed by atoms with E-state index in [0.717, 1.165) is 25.1 Å². The Morgan fingerprint density at radius 2 is 1.95 bits per heavy atom. The molecule has 0 radical (unpaired) electrons. The normalized spacial score (nSPS) is 12.8. The van der Waals surface area contributed by atoms with Gasteiger partial charge in [0.2, 0.25) is 0 Å². The van der Waals surface area contributed by atoms with Gasteiger partial charge in [-0.3, -0.25) is 4.68 Å². The molecule has 1 heterocycles. The van der Waals surface area contributed by atoms with Gasteiger partial charge in [0.25, 0.3) is 0 Å². The summed E-state index contributed by atoms with van der Waals surface area (Å²) in [6, 6.07) is 10.3. The van der Waals surface area contributed by atoms with Crippen LogP contribution in [0.2, 0.25) is 0 Å². The van der Waals surface area contributed by atoms with Crippen molar-refractivity contribution in [1.82, 2.24) is 14.7 Å². The monoisotopic (exact) mass is 273 g/mol. The maximum absolute atomic E-state index is 6.10. The molecule has 108 valence electrons. The molecule has 0 N–H and O–H groups in total. The number of nitrogens with zero attached hydrogens (tertiary/aromatic N) is 3. The Hall–Kier alpha value is -1.65. The summed E-state index contributed by atoms with van der Waals surface area (Å²) in [4.78, 5) is 2.17. The molecule has 1 aromatic carbocycles. The van der Waals surface area contributed by atoms with E-state index in [2.05, 4.69) is 36.2 Å². The molecule has 0 spiro atoms. The molecule has 0 aliphatic heterocycles. The summed E-state index contributed by atoms with van der Waals surface area (Å²) < 4.78 is 7.91. The van der Waals surface area contributed by atoms with Crippen molar-refractivity contribution < 1.29 is 4.74 Å². The fourth-order valence-electron chi connectivity index (χ4n) is 2.17. The SMILES string of the molecule is CN(C)CCCOC(c1ccccc1)c1cnn(C)c1. The van der Waals surface area contributed by atoms with E-state index in [1.807, 2.05) is 42.3 Å². The highest BCUT2D eigenvalue weighted by molar-refractivity contribution is 5.27. The van der Waals surface area contributed by atoms with Crippen LogP contribution in [0.4, 0.5) is 0 Å². The maximum Gasteiger partial charge on any atom is 0.111 e. The smallest absolute Gasteiger partial charge is 0.111 e. The zero-order chi connectivity index (χ0) is 14.4. The second-order valence-electron chi connectivity index (χ2n) is 5.27. The topological polar surface area (TPSA) is 30.3 Å². The van der Waals surface area contributed by atoms with Gasteiger partial charge >= 0.3 is 0 Å². The van der Waals surface area contributed by atoms with Crippen LogP contribution in [0.3, 0.4) is 0 Å². The van der Waals surface area contributed by atoms with Crippen molar-refractivity contribution >= 4 is 0 Å². The minimum atomic E-state index is -0.0351. The van der Waals surface area contributed by atoms with Crippen molar-refractivity contribution in [2.45, 2.75) is 12.5 Å². The van der Waals surface area contributed by atoms with Crippen molar-refractivity contribution in [3.05, 3.63) is 53.9 Å². The predicted molar refractivity (Wildman–Crippen MR) is 80.6 cm³/mol. The number of aromatic nitrogens is 2. The molecule has 1 unspecified atom stereocenters. The lowest BCUT2D eigenvalue weighted by Gasteiger charge is -2.18. The largest absolute Gasteiger partial charge is 0.369 e. The molecule has 0 saturated heterocycles. The Bertz CT molecular complexity index is 507. The van der Waals surface area contributed by atoms with Gasteiger partial charge in [0.1, 0.15) is 6.10 Å². The first-order chi connectivity index (χ1) is 9.66. The average Bonchev–Trinajstić information content (AvgIpc) is 2.86. The van der Waals surface area contributed by atoms with Crippen molar-refractivity contribution in [3.63, 3.8) is 0 Å². The van der Waals surface area contributed by atoms with Crippen LogP contribution in [-0.2, 0) is 11.8 Å². The quantitative estimate of drug-likeness (QED) is 0.726. The Labute approximate surface area is 121 Å². The Morgan fingerprint density at radius 1 is 1.20 bits per heavy atom. The third-order valence-corrected chi connectivity index (χ3v) is 3.16. The molecule has 0 fully saturated rings. The molecule has 2 aromatic rings. The van der Waals surface area contributed by atoms with E-state index < -0.39 is 0 Å². The molecule has 0 amide bonds. The lowest BCUT2D eigenvalue weighted by atomic mass is 10.0. The third kappa shape index (κ3) is 4.18. The molecule has 4 nitrogen and oxygen atoms in total. The lowest BCUT2D eigenvalue weighted by Crippen LogP contribution is -2.16. The van der Waals surface area contributed by atoms with Crippen LogP contribution in [0, 0.1) is 0 Å². The highest BCUT2D eigenvalue weighted by atomic mass is 16.5. The van der Waals surface area contributed by atoms with Gasteiger partial charge in [0.05, 0.1) is 6.20 Å². The van der Waals surface area contributed by atoms with Crippen molar-refractivity contribution in [1.29, 1.82) is 0 Å². The summed E-state index contributed by atoms with van der Waals surface area (Å²) in [5.74, 6) is 0. The van der Waals surface area contributed by atoms with Gasteiger partial charge in [-0.1, -0.05) is 30.3 Å². The minimum absolute atomic E-state index is 0.0351. The predicted octanol–water partition coefficient (Wildman–Crippen LogP) is 2.48. The first-order valence-electron chi connectivity index (χ1n) is 6.96. The number of ether oxygens (including phenoxy) is 1. The molecule has 0 saturated carbocycles. The number of rotatable bonds is 7. The fraction of sp³-hybridized carbons (Fsp3) is 0.438. The van der Waals surface area contributed by atoms with Crippen LogP contribution in [0.25, 0.3) is 0 Å². The Morgan fingerprint density at radius 3 is 2.55 bits per heavy atom. The molecular weight excluding hydrogens is 250 g/mol. The molecule has 2 rings (SSSR count). The lowest BCUT2D eigenvalue weighted by molar-refractivity contribution is 0.0744. The van der Waals surface area contributed by atoms with Crippen LogP contribution in [0.15, 0.2) is 42.7 Å². The van der Waals surface area contributed by atoms with E-state index in [1.54, 1.807) is 0 Å². The van der Waals surface area contributed by atoms with Crippen LogP contribution < -0.4 is 0 Å². The number of hydrogen-bond donors (Lipinski definition) is 0. The zero-order valence-corrected chi connectivity index (χ0v) is 12.5. The molecule has 20 heavy (non-hydrogen) atoms. The summed E-state index contributed by atoms with van der Waals surface area (Å²) in [7, 11) is 6.09. The summed E-state index contributed by atoms with van der Waals surface area (Å²) >= 11 is 0. The molecular formula is C16H23N3O. The average molecular weight is 273 g/mol. The number of hydrogen-bond acceptors (Lipinski definition) is 3. The maximum atomic E-state index is 6.10. The first-order valence-corrected chi connectivity index (χ1v) is 6.96. The molecule has 1 aromatic heterocycles. The zero-order valence-electron chi connectivity index (χ0n) is 12.5.